The van der Waals surface area contributed by atoms with Crippen LogP contribution in [0.4, 0.5) is 0 Å². The second-order valence-electron chi connectivity index (χ2n) is 7.02. The Kier molecular flexibility index (Phi) is 5.47. The molecule has 2 aliphatic rings. The highest BCUT2D eigenvalue weighted by Crippen LogP contribution is 2.27. The van der Waals surface area contributed by atoms with Crippen molar-refractivity contribution in [2.75, 3.05) is 13.7 Å². The molecule has 1 N–H and O–H groups in total. The molecular formula is C18H28N2O3S. The summed E-state index contributed by atoms with van der Waals surface area (Å²) in [7, 11) is -1.71. The number of methoxy groups -OCH3 is 1. The zero-order valence-corrected chi connectivity index (χ0v) is 15.4. The normalized spacial score (nSPS) is 23.0. The van der Waals surface area contributed by atoms with Gasteiger partial charge in [0.25, 0.3) is 10.2 Å². The Morgan fingerprint density at radius 3 is 2.62 bits per heavy atom. The molecule has 6 heteroatoms. The Bertz CT molecular complexity index is 669. The Morgan fingerprint density at radius 1 is 1.21 bits per heavy atom. The maximum absolute atomic E-state index is 12.8. The van der Waals surface area contributed by atoms with Crippen LogP contribution in [0.2, 0.25) is 0 Å². The van der Waals surface area contributed by atoms with E-state index in [-0.39, 0.29) is 12.1 Å². The Morgan fingerprint density at radius 2 is 1.96 bits per heavy atom. The SMILES string of the molecule is COc1ccc(CC2CCCN2S(=O)(=O)NC2CCCC2)cc1C. The Balaban J connectivity index is 1.69. The number of aryl methyl sites for hydroxylation is 1. The first-order valence-corrected chi connectivity index (χ1v) is 10.4. The monoisotopic (exact) mass is 352 g/mol. The van der Waals surface area contributed by atoms with E-state index in [2.05, 4.69) is 10.8 Å². The van der Waals surface area contributed by atoms with Gasteiger partial charge in [-0.3, -0.25) is 0 Å². The van der Waals surface area contributed by atoms with Gasteiger partial charge in [0, 0.05) is 18.6 Å². The number of nitrogens with zero attached hydrogens (tertiary/aromatic N) is 1. The molecule has 1 saturated heterocycles. The molecule has 1 aromatic rings. The van der Waals surface area contributed by atoms with Crippen LogP contribution in [-0.2, 0) is 16.6 Å². The lowest BCUT2D eigenvalue weighted by Gasteiger charge is -2.26. The van der Waals surface area contributed by atoms with Crippen molar-refractivity contribution in [1.29, 1.82) is 0 Å². The van der Waals surface area contributed by atoms with Crippen LogP contribution in [-0.4, -0.2) is 38.5 Å². The van der Waals surface area contributed by atoms with Gasteiger partial charge in [-0.1, -0.05) is 25.0 Å². The van der Waals surface area contributed by atoms with Crippen molar-refractivity contribution in [3.63, 3.8) is 0 Å². The third kappa shape index (κ3) is 3.92. The smallest absolute Gasteiger partial charge is 0.279 e. The molecule has 2 fully saturated rings. The second kappa shape index (κ2) is 7.42. The van der Waals surface area contributed by atoms with E-state index in [0.717, 1.165) is 56.3 Å². The quantitative estimate of drug-likeness (QED) is 0.856. The molecule has 1 heterocycles. The van der Waals surface area contributed by atoms with Crippen LogP contribution < -0.4 is 9.46 Å². The van der Waals surface area contributed by atoms with Gasteiger partial charge in [0.05, 0.1) is 7.11 Å². The van der Waals surface area contributed by atoms with E-state index in [0.29, 0.717) is 6.54 Å². The van der Waals surface area contributed by atoms with Crippen LogP contribution in [0.3, 0.4) is 0 Å². The summed E-state index contributed by atoms with van der Waals surface area (Å²) in [6.07, 6.45) is 6.81. The summed E-state index contributed by atoms with van der Waals surface area (Å²) in [6, 6.07) is 6.29. The minimum absolute atomic E-state index is 0.0525. The van der Waals surface area contributed by atoms with Gasteiger partial charge in [-0.15, -0.1) is 0 Å². The molecule has 134 valence electrons. The highest BCUT2D eigenvalue weighted by atomic mass is 32.2. The summed E-state index contributed by atoms with van der Waals surface area (Å²) in [4.78, 5) is 0. The highest BCUT2D eigenvalue weighted by molar-refractivity contribution is 7.87. The lowest BCUT2D eigenvalue weighted by atomic mass is 10.0. The van der Waals surface area contributed by atoms with Crippen LogP contribution in [0.25, 0.3) is 0 Å². The van der Waals surface area contributed by atoms with Gasteiger partial charge in [0.2, 0.25) is 0 Å². The molecule has 0 radical (unpaired) electrons. The summed E-state index contributed by atoms with van der Waals surface area (Å²) in [5.74, 6) is 0.873. The molecular weight excluding hydrogens is 324 g/mol. The van der Waals surface area contributed by atoms with Crippen molar-refractivity contribution >= 4 is 10.2 Å². The first-order chi connectivity index (χ1) is 11.5. The fraction of sp³-hybridized carbons (Fsp3) is 0.667. The van der Waals surface area contributed by atoms with E-state index >= 15 is 0 Å². The molecule has 1 aliphatic carbocycles. The molecule has 0 aromatic heterocycles. The molecule has 1 unspecified atom stereocenters. The van der Waals surface area contributed by atoms with E-state index in [4.69, 9.17) is 4.74 Å². The fourth-order valence-corrected chi connectivity index (χ4v) is 5.73. The maximum atomic E-state index is 12.8. The summed E-state index contributed by atoms with van der Waals surface area (Å²) in [5, 5.41) is 0. The Labute approximate surface area is 145 Å². The van der Waals surface area contributed by atoms with Crippen LogP contribution in [0, 0.1) is 6.92 Å². The molecule has 0 spiro atoms. The predicted molar refractivity (Wildman–Crippen MR) is 95.5 cm³/mol. The van der Waals surface area contributed by atoms with Gasteiger partial charge in [-0.2, -0.15) is 17.4 Å². The molecule has 1 saturated carbocycles. The van der Waals surface area contributed by atoms with Gasteiger partial charge < -0.3 is 4.74 Å². The van der Waals surface area contributed by atoms with Gasteiger partial charge >= 0.3 is 0 Å². The van der Waals surface area contributed by atoms with Gasteiger partial charge in [-0.25, -0.2) is 0 Å². The minimum Gasteiger partial charge on any atom is -0.496 e. The van der Waals surface area contributed by atoms with Gasteiger partial charge in [0.15, 0.2) is 0 Å². The van der Waals surface area contributed by atoms with E-state index in [1.165, 1.54) is 5.56 Å². The zero-order valence-electron chi connectivity index (χ0n) is 14.6. The van der Waals surface area contributed by atoms with Crippen molar-refractivity contribution in [2.24, 2.45) is 0 Å². The summed E-state index contributed by atoms with van der Waals surface area (Å²) >= 11 is 0. The van der Waals surface area contributed by atoms with Crippen LogP contribution in [0.5, 0.6) is 5.75 Å². The lowest BCUT2D eigenvalue weighted by molar-refractivity contribution is 0.373. The highest BCUT2D eigenvalue weighted by Gasteiger charge is 2.35. The number of hydrogen-bond acceptors (Lipinski definition) is 3. The van der Waals surface area contributed by atoms with Gasteiger partial charge in [0.1, 0.15) is 5.75 Å². The molecule has 1 aliphatic heterocycles. The van der Waals surface area contributed by atoms with Crippen molar-refractivity contribution in [3.05, 3.63) is 29.3 Å². The number of benzene rings is 1. The van der Waals surface area contributed by atoms with Crippen molar-refractivity contribution < 1.29 is 13.2 Å². The van der Waals surface area contributed by atoms with Crippen LogP contribution >= 0.6 is 0 Å². The lowest BCUT2D eigenvalue weighted by Crippen LogP contribution is -2.47. The van der Waals surface area contributed by atoms with Crippen LogP contribution in [0.15, 0.2) is 18.2 Å². The predicted octanol–water partition coefficient (Wildman–Crippen LogP) is 2.79. The minimum atomic E-state index is -3.38. The largest absolute Gasteiger partial charge is 0.496 e. The maximum Gasteiger partial charge on any atom is 0.279 e. The first kappa shape index (κ1) is 17.7. The molecule has 0 amide bonds. The Hall–Kier alpha value is -1.11. The zero-order chi connectivity index (χ0) is 17.2. The van der Waals surface area contributed by atoms with E-state index in [1.807, 2.05) is 19.1 Å². The van der Waals surface area contributed by atoms with Crippen molar-refractivity contribution in [2.45, 2.75) is 64.0 Å². The van der Waals surface area contributed by atoms with Crippen molar-refractivity contribution in [3.8, 4) is 5.75 Å². The van der Waals surface area contributed by atoms with Gasteiger partial charge in [-0.05, 0) is 56.2 Å². The first-order valence-electron chi connectivity index (χ1n) is 8.92. The molecule has 24 heavy (non-hydrogen) atoms. The third-order valence-corrected chi connectivity index (χ3v) is 6.96. The molecule has 1 aromatic carbocycles. The summed E-state index contributed by atoms with van der Waals surface area (Å²) in [6.45, 7) is 2.65. The van der Waals surface area contributed by atoms with E-state index < -0.39 is 10.2 Å². The average Bonchev–Trinajstić information content (AvgIpc) is 3.19. The molecule has 1 atom stereocenters. The second-order valence-corrected chi connectivity index (χ2v) is 8.67. The summed E-state index contributed by atoms with van der Waals surface area (Å²) in [5.41, 5.74) is 2.26. The van der Waals surface area contributed by atoms with E-state index in [9.17, 15) is 8.42 Å². The summed E-state index contributed by atoms with van der Waals surface area (Å²) < 4.78 is 35.4. The number of hydrogen-bond donors (Lipinski definition) is 1. The standard InChI is InChI=1S/C18H28N2O3S/c1-14-12-15(9-10-18(14)23-2)13-17-8-5-11-20(17)24(21,22)19-16-6-3-4-7-16/h9-10,12,16-17,19H,3-8,11,13H2,1-2H3. The van der Waals surface area contributed by atoms with Crippen LogP contribution in [0.1, 0.15) is 49.7 Å². The van der Waals surface area contributed by atoms with E-state index in [1.54, 1.807) is 11.4 Å². The topological polar surface area (TPSA) is 58.6 Å². The molecule has 5 nitrogen and oxygen atoms in total. The third-order valence-electron chi connectivity index (χ3n) is 5.23. The van der Waals surface area contributed by atoms with Crippen molar-refractivity contribution in [1.82, 2.24) is 9.03 Å². The number of rotatable bonds is 6. The average molecular weight is 353 g/mol. The fourth-order valence-electron chi connectivity index (χ4n) is 3.99. The molecule has 3 rings (SSSR count). The number of nitrogens with one attached hydrogen (secondary N) is 1. The number of ether oxygens (including phenoxy) is 1. The molecule has 0 bridgehead atoms.